The Labute approximate surface area is 167 Å². The van der Waals surface area contributed by atoms with Crippen molar-refractivity contribution in [3.8, 4) is 11.5 Å². The average Bonchev–Trinajstić information content (AvgIpc) is 3.30. The lowest BCUT2D eigenvalue weighted by atomic mass is 10.2. The summed E-state index contributed by atoms with van der Waals surface area (Å²) in [5.74, 6) is -0.0533. The second-order valence-corrected chi connectivity index (χ2v) is 8.45. The quantitative estimate of drug-likeness (QED) is 0.572. The molecule has 1 aromatic carbocycles. The monoisotopic (exact) mass is 423 g/mol. The molecule has 0 fully saturated rings. The third-order valence-corrected chi connectivity index (χ3v) is 5.12. The fraction of sp³-hybridized carbons (Fsp3) is 0.278. The van der Waals surface area contributed by atoms with E-state index in [-0.39, 0.29) is 29.2 Å². The van der Waals surface area contributed by atoms with E-state index in [2.05, 4.69) is 10.2 Å². The minimum absolute atomic E-state index is 0.0546. The molecule has 0 unspecified atom stereocenters. The molecule has 1 amide bonds. The number of carbonyl (C=O) groups is 1. The zero-order chi connectivity index (χ0) is 20.3. The number of nitrogens with zero attached hydrogens (tertiary/aromatic N) is 3. The smallest absolute Gasteiger partial charge is 0.290 e. The minimum Gasteiger partial charge on any atom is -0.440 e. The van der Waals surface area contributed by atoms with Crippen molar-refractivity contribution in [1.29, 1.82) is 0 Å². The summed E-state index contributed by atoms with van der Waals surface area (Å²) < 4.78 is 34.0. The second kappa shape index (κ2) is 8.15. The first kappa shape index (κ1) is 20.1. The first-order valence-corrected chi connectivity index (χ1v) is 10.7. The van der Waals surface area contributed by atoms with Gasteiger partial charge in [-0.2, -0.15) is 0 Å². The zero-order valence-corrected chi connectivity index (χ0v) is 16.8. The number of halogens is 1. The van der Waals surface area contributed by atoms with Gasteiger partial charge in [0, 0.05) is 12.8 Å². The van der Waals surface area contributed by atoms with E-state index >= 15 is 0 Å². The molecule has 2 heterocycles. The lowest BCUT2D eigenvalue weighted by Crippen LogP contribution is -2.31. The van der Waals surface area contributed by atoms with Crippen LogP contribution in [0.2, 0.25) is 5.02 Å². The lowest BCUT2D eigenvalue weighted by Gasteiger charge is -2.18. The highest BCUT2D eigenvalue weighted by Gasteiger charge is 2.23. The van der Waals surface area contributed by atoms with Crippen molar-refractivity contribution in [1.82, 2.24) is 15.1 Å². The molecule has 0 aliphatic carbocycles. The molecule has 148 valence electrons. The molecule has 2 aromatic heterocycles. The standard InChI is InChI=1S/C18H18ClN3O5S/c1-3-10-22(18(23)14-8-9-16(26-14)28(2,24)25)11-15-20-21-17(27-15)12-6-4-5-7-13(12)19/h4-9H,3,10-11H2,1-2H3. The van der Waals surface area contributed by atoms with E-state index in [1.165, 1.54) is 17.0 Å². The van der Waals surface area contributed by atoms with Crippen LogP contribution in [0.1, 0.15) is 29.8 Å². The first-order valence-electron chi connectivity index (χ1n) is 8.46. The van der Waals surface area contributed by atoms with E-state index in [1.807, 2.05) is 6.92 Å². The van der Waals surface area contributed by atoms with E-state index in [9.17, 15) is 13.2 Å². The van der Waals surface area contributed by atoms with Gasteiger partial charge in [0.25, 0.3) is 5.91 Å². The van der Waals surface area contributed by atoms with Crippen LogP contribution in [-0.4, -0.2) is 42.2 Å². The molecule has 0 spiro atoms. The van der Waals surface area contributed by atoms with E-state index in [0.717, 1.165) is 6.26 Å². The van der Waals surface area contributed by atoms with Gasteiger partial charge in [0.1, 0.15) is 0 Å². The molecular formula is C18H18ClN3O5S. The van der Waals surface area contributed by atoms with Gasteiger partial charge in [0.2, 0.25) is 26.7 Å². The van der Waals surface area contributed by atoms with Gasteiger partial charge in [-0.15, -0.1) is 10.2 Å². The topological polar surface area (TPSA) is 107 Å². The first-order chi connectivity index (χ1) is 13.3. The van der Waals surface area contributed by atoms with Gasteiger partial charge in [-0.25, -0.2) is 8.42 Å². The van der Waals surface area contributed by atoms with Gasteiger partial charge >= 0.3 is 0 Å². The van der Waals surface area contributed by atoms with Gasteiger partial charge in [-0.05, 0) is 30.7 Å². The fourth-order valence-electron chi connectivity index (χ4n) is 2.54. The molecule has 0 aliphatic heterocycles. The number of hydrogen-bond acceptors (Lipinski definition) is 7. The predicted molar refractivity (Wildman–Crippen MR) is 102 cm³/mol. The Balaban J connectivity index is 1.81. The Bertz CT molecular complexity index is 1090. The SMILES string of the molecule is CCCN(Cc1nnc(-c2ccccc2Cl)o1)C(=O)c1ccc(S(C)(=O)=O)o1. The summed E-state index contributed by atoms with van der Waals surface area (Å²) in [4.78, 5) is 14.2. The summed E-state index contributed by atoms with van der Waals surface area (Å²) >= 11 is 6.14. The third-order valence-electron chi connectivity index (χ3n) is 3.84. The van der Waals surface area contributed by atoms with Crippen molar-refractivity contribution >= 4 is 27.3 Å². The van der Waals surface area contributed by atoms with Crippen LogP contribution >= 0.6 is 11.6 Å². The number of rotatable bonds is 7. The van der Waals surface area contributed by atoms with Crippen LogP contribution < -0.4 is 0 Å². The van der Waals surface area contributed by atoms with Gasteiger partial charge in [0.15, 0.2) is 5.76 Å². The highest BCUT2D eigenvalue weighted by Crippen LogP contribution is 2.26. The Kier molecular flexibility index (Phi) is 5.85. The Morgan fingerprint density at radius 1 is 1.14 bits per heavy atom. The van der Waals surface area contributed by atoms with Crippen LogP contribution in [0.4, 0.5) is 0 Å². The normalized spacial score (nSPS) is 11.5. The minimum atomic E-state index is -3.53. The summed E-state index contributed by atoms with van der Waals surface area (Å²) in [6, 6.07) is 9.65. The number of sulfone groups is 1. The van der Waals surface area contributed by atoms with E-state index in [4.69, 9.17) is 20.4 Å². The Morgan fingerprint density at radius 2 is 1.89 bits per heavy atom. The molecule has 0 N–H and O–H groups in total. The number of benzene rings is 1. The lowest BCUT2D eigenvalue weighted by molar-refractivity contribution is 0.0690. The highest BCUT2D eigenvalue weighted by atomic mass is 35.5. The summed E-state index contributed by atoms with van der Waals surface area (Å²) in [5.41, 5.74) is 0.597. The second-order valence-electron chi connectivity index (χ2n) is 6.10. The van der Waals surface area contributed by atoms with Gasteiger partial charge in [-0.1, -0.05) is 30.7 Å². The van der Waals surface area contributed by atoms with E-state index in [0.29, 0.717) is 23.6 Å². The number of aromatic nitrogens is 2. The summed E-state index contributed by atoms with van der Waals surface area (Å²) in [6.07, 6.45) is 1.69. The maximum Gasteiger partial charge on any atom is 0.290 e. The zero-order valence-electron chi connectivity index (χ0n) is 15.3. The molecular weight excluding hydrogens is 406 g/mol. The summed E-state index contributed by atoms with van der Waals surface area (Å²) in [7, 11) is -3.53. The average molecular weight is 424 g/mol. The molecule has 0 atom stereocenters. The summed E-state index contributed by atoms with van der Waals surface area (Å²) in [6.45, 7) is 2.36. The molecule has 8 nitrogen and oxygen atoms in total. The van der Waals surface area contributed by atoms with Crippen LogP contribution in [0, 0.1) is 0 Å². The number of carbonyl (C=O) groups excluding carboxylic acids is 1. The van der Waals surface area contributed by atoms with Crippen molar-refractivity contribution in [3.63, 3.8) is 0 Å². The van der Waals surface area contributed by atoms with Crippen LogP contribution in [0.5, 0.6) is 0 Å². The van der Waals surface area contributed by atoms with Crippen LogP contribution in [0.3, 0.4) is 0 Å². The van der Waals surface area contributed by atoms with Gasteiger partial charge in [0.05, 0.1) is 17.1 Å². The van der Waals surface area contributed by atoms with Crippen LogP contribution in [0.15, 0.2) is 50.3 Å². The Morgan fingerprint density at radius 3 is 2.54 bits per heavy atom. The predicted octanol–water partition coefficient (Wildman–Crippen LogP) is 3.44. The summed E-state index contributed by atoms with van der Waals surface area (Å²) in [5, 5.41) is 8.18. The largest absolute Gasteiger partial charge is 0.440 e. The highest BCUT2D eigenvalue weighted by molar-refractivity contribution is 7.90. The molecule has 0 bridgehead atoms. The van der Waals surface area contributed by atoms with E-state index in [1.54, 1.807) is 24.3 Å². The van der Waals surface area contributed by atoms with Crippen molar-refractivity contribution in [2.75, 3.05) is 12.8 Å². The maximum atomic E-state index is 12.7. The fourth-order valence-corrected chi connectivity index (χ4v) is 3.31. The van der Waals surface area contributed by atoms with Crippen molar-refractivity contribution < 1.29 is 22.0 Å². The van der Waals surface area contributed by atoms with Crippen molar-refractivity contribution in [2.24, 2.45) is 0 Å². The van der Waals surface area contributed by atoms with Gasteiger partial charge in [-0.3, -0.25) is 4.79 Å². The Hall–Kier alpha value is -2.65. The molecule has 3 rings (SSSR count). The van der Waals surface area contributed by atoms with Crippen LogP contribution in [-0.2, 0) is 16.4 Å². The number of furan rings is 1. The van der Waals surface area contributed by atoms with Gasteiger partial charge < -0.3 is 13.7 Å². The maximum absolute atomic E-state index is 12.7. The van der Waals surface area contributed by atoms with Crippen molar-refractivity contribution in [2.45, 2.75) is 25.0 Å². The molecule has 0 aliphatic rings. The molecule has 0 saturated carbocycles. The molecule has 10 heteroatoms. The molecule has 28 heavy (non-hydrogen) atoms. The van der Waals surface area contributed by atoms with E-state index < -0.39 is 15.7 Å². The molecule has 0 saturated heterocycles. The molecule has 0 radical (unpaired) electrons. The third kappa shape index (κ3) is 4.42. The van der Waals surface area contributed by atoms with Crippen molar-refractivity contribution in [3.05, 3.63) is 53.1 Å². The van der Waals surface area contributed by atoms with Crippen LogP contribution in [0.25, 0.3) is 11.5 Å². The number of amides is 1. The molecule has 3 aromatic rings. The number of hydrogen-bond donors (Lipinski definition) is 0.